The molecule has 1 fully saturated rings. The van der Waals surface area contributed by atoms with Crippen molar-refractivity contribution in [3.05, 3.63) is 47.9 Å². The Bertz CT molecular complexity index is 711. The van der Waals surface area contributed by atoms with Crippen molar-refractivity contribution in [2.24, 2.45) is 0 Å². The molecule has 2 aromatic rings. The van der Waals surface area contributed by atoms with Crippen molar-refractivity contribution in [3.8, 4) is 5.75 Å². The van der Waals surface area contributed by atoms with Crippen molar-refractivity contribution < 1.29 is 13.9 Å². The van der Waals surface area contributed by atoms with Gasteiger partial charge in [0.15, 0.2) is 5.82 Å². The van der Waals surface area contributed by atoms with Crippen LogP contribution in [0.2, 0.25) is 0 Å². The Morgan fingerprint density at radius 1 is 1.46 bits per heavy atom. The van der Waals surface area contributed by atoms with Crippen LogP contribution in [-0.4, -0.2) is 42.3 Å². The summed E-state index contributed by atoms with van der Waals surface area (Å²) in [6.45, 7) is 1.30. The number of nitrogens with zero attached hydrogens (tertiary/aromatic N) is 3. The van der Waals surface area contributed by atoms with E-state index < -0.39 is 11.7 Å². The van der Waals surface area contributed by atoms with E-state index in [4.69, 9.17) is 4.74 Å². The summed E-state index contributed by atoms with van der Waals surface area (Å²) in [4.78, 5) is 14.3. The number of rotatable bonds is 5. The normalized spacial score (nSPS) is 16.9. The molecule has 126 valence electrons. The number of halogens is 1. The fraction of sp³-hybridized carbons (Fsp3) is 0.353. The van der Waals surface area contributed by atoms with E-state index in [1.807, 2.05) is 12.1 Å². The van der Waals surface area contributed by atoms with Crippen LogP contribution < -0.4 is 15.0 Å². The molecule has 1 aromatic carbocycles. The van der Waals surface area contributed by atoms with E-state index in [-0.39, 0.29) is 11.6 Å². The molecule has 2 heterocycles. The maximum absolute atomic E-state index is 14.0. The average Bonchev–Trinajstić information content (AvgIpc) is 3.09. The highest BCUT2D eigenvalue weighted by Crippen LogP contribution is 2.22. The quantitative estimate of drug-likeness (QED) is 0.908. The number of methoxy groups -OCH3 is 1. The largest absolute Gasteiger partial charge is 0.497 e. The first-order valence-corrected chi connectivity index (χ1v) is 7.85. The number of hydrogen-bond donors (Lipinski definition) is 1. The van der Waals surface area contributed by atoms with E-state index in [2.05, 4.69) is 20.4 Å². The summed E-state index contributed by atoms with van der Waals surface area (Å²) in [6, 6.07) is 8.07. The smallest absolute Gasteiger partial charge is 0.254 e. The highest BCUT2D eigenvalue weighted by Gasteiger charge is 2.26. The van der Waals surface area contributed by atoms with Crippen molar-refractivity contribution in [2.45, 2.75) is 18.9 Å². The Hall–Kier alpha value is -2.70. The number of carbonyl (C=O) groups is 1. The molecule has 0 saturated carbocycles. The summed E-state index contributed by atoms with van der Waals surface area (Å²) < 4.78 is 18.9. The number of anilines is 1. The number of benzene rings is 1. The summed E-state index contributed by atoms with van der Waals surface area (Å²) in [7, 11) is 1.45. The lowest BCUT2D eigenvalue weighted by Gasteiger charge is -2.25. The van der Waals surface area contributed by atoms with Crippen molar-refractivity contribution in [2.75, 3.05) is 25.1 Å². The molecule has 1 aliphatic heterocycles. The standard InChI is InChI=1S/C17H19FN4O2/c1-24-13-6-7-14(15(18)10-13)17(23)19-11-12-4-3-9-22(12)16-5-2-8-20-21-16/h2,5-8,10,12H,3-4,9,11H2,1H3,(H,19,23). The van der Waals surface area contributed by atoms with Crippen molar-refractivity contribution in [1.82, 2.24) is 15.5 Å². The van der Waals surface area contributed by atoms with Gasteiger partial charge in [-0.25, -0.2) is 4.39 Å². The van der Waals surface area contributed by atoms with Crippen molar-refractivity contribution >= 4 is 11.7 Å². The molecule has 0 aliphatic carbocycles. The molecule has 1 aliphatic rings. The second-order valence-electron chi connectivity index (χ2n) is 5.63. The molecule has 1 saturated heterocycles. The van der Waals surface area contributed by atoms with Gasteiger partial charge in [-0.2, -0.15) is 5.10 Å². The Labute approximate surface area is 139 Å². The van der Waals surface area contributed by atoms with Gasteiger partial charge in [0, 0.05) is 31.4 Å². The minimum Gasteiger partial charge on any atom is -0.497 e. The van der Waals surface area contributed by atoms with Crippen LogP contribution in [0.3, 0.4) is 0 Å². The zero-order valence-electron chi connectivity index (χ0n) is 13.4. The van der Waals surface area contributed by atoms with Crippen molar-refractivity contribution in [3.63, 3.8) is 0 Å². The maximum Gasteiger partial charge on any atom is 0.254 e. The van der Waals surface area contributed by atoms with Crippen LogP contribution in [-0.2, 0) is 0 Å². The molecule has 3 rings (SSSR count). The van der Waals surface area contributed by atoms with Crippen LogP contribution in [0.4, 0.5) is 10.2 Å². The highest BCUT2D eigenvalue weighted by atomic mass is 19.1. The molecule has 0 bridgehead atoms. The van der Waals surface area contributed by atoms with Crippen LogP contribution >= 0.6 is 0 Å². The molecule has 7 heteroatoms. The van der Waals surface area contributed by atoms with Gasteiger partial charge in [-0.3, -0.25) is 4.79 Å². The molecular formula is C17H19FN4O2. The van der Waals surface area contributed by atoms with Crippen LogP contribution in [0.5, 0.6) is 5.75 Å². The van der Waals surface area contributed by atoms with E-state index in [1.54, 1.807) is 12.3 Å². The molecule has 0 radical (unpaired) electrons. The second kappa shape index (κ2) is 7.25. The fourth-order valence-electron chi connectivity index (χ4n) is 2.91. The Balaban J connectivity index is 1.63. The number of amides is 1. The van der Waals surface area contributed by atoms with E-state index in [0.29, 0.717) is 12.3 Å². The molecule has 1 amide bonds. The molecule has 6 nitrogen and oxygen atoms in total. The van der Waals surface area contributed by atoms with Gasteiger partial charge in [-0.15, -0.1) is 5.10 Å². The first-order valence-electron chi connectivity index (χ1n) is 7.85. The third-order valence-electron chi connectivity index (χ3n) is 4.15. The van der Waals surface area contributed by atoms with Gasteiger partial charge in [0.25, 0.3) is 5.91 Å². The molecule has 1 atom stereocenters. The Morgan fingerprint density at radius 2 is 2.33 bits per heavy atom. The zero-order chi connectivity index (χ0) is 16.9. The SMILES string of the molecule is COc1ccc(C(=O)NCC2CCCN2c2cccnn2)c(F)c1. The maximum atomic E-state index is 14.0. The van der Waals surface area contributed by atoms with Crippen LogP contribution in [0.1, 0.15) is 23.2 Å². The molecule has 24 heavy (non-hydrogen) atoms. The summed E-state index contributed by atoms with van der Waals surface area (Å²) in [6.07, 6.45) is 3.60. The van der Waals surface area contributed by atoms with Gasteiger partial charge in [-0.05, 0) is 37.1 Å². The van der Waals surface area contributed by atoms with Crippen molar-refractivity contribution in [1.29, 1.82) is 0 Å². The lowest BCUT2D eigenvalue weighted by molar-refractivity contribution is 0.0947. The summed E-state index contributed by atoms with van der Waals surface area (Å²) >= 11 is 0. The number of carbonyl (C=O) groups excluding carboxylic acids is 1. The second-order valence-corrected chi connectivity index (χ2v) is 5.63. The van der Waals surface area contributed by atoms with Gasteiger partial charge >= 0.3 is 0 Å². The van der Waals surface area contributed by atoms with Crippen LogP contribution in [0, 0.1) is 5.82 Å². The number of ether oxygens (including phenoxy) is 1. The molecule has 1 aromatic heterocycles. The number of hydrogen-bond acceptors (Lipinski definition) is 5. The van der Waals surface area contributed by atoms with E-state index in [0.717, 1.165) is 25.2 Å². The summed E-state index contributed by atoms with van der Waals surface area (Å²) in [5.74, 6) is 0.156. The van der Waals surface area contributed by atoms with Crippen LogP contribution in [0.25, 0.3) is 0 Å². The predicted octanol–water partition coefficient (Wildman–Crippen LogP) is 2.02. The van der Waals surface area contributed by atoms with Gasteiger partial charge in [-0.1, -0.05) is 0 Å². The van der Waals surface area contributed by atoms with Gasteiger partial charge in [0.2, 0.25) is 0 Å². The lowest BCUT2D eigenvalue weighted by Crippen LogP contribution is -2.40. The highest BCUT2D eigenvalue weighted by molar-refractivity contribution is 5.94. The Morgan fingerprint density at radius 3 is 3.04 bits per heavy atom. The first-order chi connectivity index (χ1) is 11.7. The molecule has 1 unspecified atom stereocenters. The molecular weight excluding hydrogens is 311 g/mol. The number of nitrogens with one attached hydrogen (secondary N) is 1. The fourth-order valence-corrected chi connectivity index (χ4v) is 2.91. The third-order valence-corrected chi connectivity index (χ3v) is 4.15. The molecule has 1 N–H and O–H groups in total. The minimum absolute atomic E-state index is 0.0137. The third kappa shape index (κ3) is 3.45. The summed E-state index contributed by atoms with van der Waals surface area (Å²) in [5.41, 5.74) is 0.0137. The van der Waals surface area contributed by atoms with E-state index in [1.165, 1.54) is 19.2 Å². The zero-order valence-corrected chi connectivity index (χ0v) is 13.4. The number of aromatic nitrogens is 2. The van der Waals surface area contributed by atoms with Crippen LogP contribution in [0.15, 0.2) is 36.5 Å². The molecule has 0 spiro atoms. The average molecular weight is 330 g/mol. The topological polar surface area (TPSA) is 67.3 Å². The van der Waals surface area contributed by atoms with Gasteiger partial charge in [0.05, 0.1) is 12.7 Å². The minimum atomic E-state index is -0.593. The predicted molar refractivity (Wildman–Crippen MR) is 87.7 cm³/mol. The van der Waals surface area contributed by atoms with Gasteiger partial charge in [0.1, 0.15) is 11.6 Å². The van der Waals surface area contributed by atoms with E-state index >= 15 is 0 Å². The first kappa shape index (κ1) is 16.2. The monoisotopic (exact) mass is 330 g/mol. The van der Waals surface area contributed by atoms with E-state index in [9.17, 15) is 9.18 Å². The van der Waals surface area contributed by atoms with Gasteiger partial charge < -0.3 is 15.0 Å². The lowest BCUT2D eigenvalue weighted by atomic mass is 10.1. The Kier molecular flexibility index (Phi) is 4.88. The summed E-state index contributed by atoms with van der Waals surface area (Å²) in [5, 5.41) is 10.8.